The molecule has 2 N–H and O–H groups in total. The normalized spacial score (nSPS) is 14.7. The summed E-state index contributed by atoms with van der Waals surface area (Å²) in [5.74, 6) is 1.87. The van der Waals surface area contributed by atoms with Gasteiger partial charge in [0.15, 0.2) is 5.82 Å². The van der Waals surface area contributed by atoms with Crippen LogP contribution in [0, 0.1) is 10.5 Å². The molecule has 3 nitrogen and oxygen atoms in total. The van der Waals surface area contributed by atoms with E-state index in [9.17, 15) is 0 Å². The van der Waals surface area contributed by atoms with Crippen LogP contribution in [0.1, 0.15) is 30.0 Å². The van der Waals surface area contributed by atoms with Crippen molar-refractivity contribution in [2.75, 3.05) is 5.73 Å². The van der Waals surface area contributed by atoms with Gasteiger partial charge in [0.05, 0.1) is 9.26 Å². The summed E-state index contributed by atoms with van der Waals surface area (Å²) in [4.78, 5) is 9.16. The topological polar surface area (TPSA) is 51.8 Å². The molecule has 1 aliphatic carbocycles. The second-order valence-corrected chi connectivity index (χ2v) is 6.82. The molecule has 0 amide bonds. The van der Waals surface area contributed by atoms with Crippen LogP contribution in [0.3, 0.4) is 0 Å². The summed E-state index contributed by atoms with van der Waals surface area (Å²) < 4.78 is 2.02. The molecule has 98 valence electrons. The molecule has 1 saturated carbocycles. The summed E-state index contributed by atoms with van der Waals surface area (Å²) in [6, 6.07) is 6.18. The summed E-state index contributed by atoms with van der Waals surface area (Å²) in [6.07, 6.45) is 2.42. The van der Waals surface area contributed by atoms with E-state index >= 15 is 0 Å². The van der Waals surface area contributed by atoms with Crippen LogP contribution < -0.4 is 5.73 Å². The van der Waals surface area contributed by atoms with Gasteiger partial charge in [-0.1, -0.05) is 22.0 Å². The van der Waals surface area contributed by atoms with Gasteiger partial charge in [0.25, 0.3) is 0 Å². The van der Waals surface area contributed by atoms with Crippen molar-refractivity contribution >= 4 is 44.3 Å². The highest BCUT2D eigenvalue weighted by molar-refractivity contribution is 14.1. The Morgan fingerprint density at radius 1 is 1.32 bits per heavy atom. The van der Waals surface area contributed by atoms with Crippen LogP contribution in [0.15, 0.2) is 22.7 Å². The average Bonchev–Trinajstić information content (AvgIpc) is 3.17. The lowest BCUT2D eigenvalue weighted by Gasteiger charge is -2.10. The van der Waals surface area contributed by atoms with Gasteiger partial charge in [-0.15, -0.1) is 0 Å². The van der Waals surface area contributed by atoms with E-state index in [1.165, 1.54) is 18.4 Å². The maximum Gasteiger partial charge on any atom is 0.162 e. The van der Waals surface area contributed by atoms with Gasteiger partial charge >= 0.3 is 0 Å². The zero-order chi connectivity index (χ0) is 13.6. The molecule has 1 heterocycles. The number of nitrogens with zero attached hydrogens (tertiary/aromatic N) is 2. The lowest BCUT2D eigenvalue weighted by molar-refractivity contribution is 0.982. The zero-order valence-electron chi connectivity index (χ0n) is 10.5. The number of rotatable bonds is 2. The van der Waals surface area contributed by atoms with E-state index in [0.717, 1.165) is 19.3 Å². The molecule has 0 unspecified atom stereocenters. The summed E-state index contributed by atoms with van der Waals surface area (Å²) in [7, 11) is 0. The van der Waals surface area contributed by atoms with Crippen molar-refractivity contribution in [3.63, 3.8) is 0 Å². The molecular formula is C14H13BrIN3. The van der Waals surface area contributed by atoms with Gasteiger partial charge in [-0.25, -0.2) is 9.97 Å². The van der Waals surface area contributed by atoms with E-state index < -0.39 is 0 Å². The lowest BCUT2D eigenvalue weighted by atomic mass is 10.1. The molecule has 1 aliphatic rings. The molecule has 1 aromatic carbocycles. The molecule has 2 aromatic rings. The molecule has 1 fully saturated rings. The quantitative estimate of drug-likeness (QED) is 0.725. The fourth-order valence-corrected chi connectivity index (χ4v) is 3.38. The zero-order valence-corrected chi connectivity index (χ0v) is 14.2. The average molecular weight is 430 g/mol. The molecule has 19 heavy (non-hydrogen) atoms. The van der Waals surface area contributed by atoms with Crippen molar-refractivity contribution in [3.05, 3.63) is 37.5 Å². The number of hydrogen-bond donors (Lipinski definition) is 1. The molecule has 0 atom stereocenters. The van der Waals surface area contributed by atoms with Gasteiger partial charge in [-0.05, 0) is 60.1 Å². The van der Waals surface area contributed by atoms with Gasteiger partial charge in [-0.2, -0.15) is 0 Å². The molecule has 0 bridgehead atoms. The monoisotopic (exact) mass is 429 g/mol. The molecule has 0 radical (unpaired) electrons. The van der Waals surface area contributed by atoms with Crippen LogP contribution in [0.4, 0.5) is 5.82 Å². The van der Waals surface area contributed by atoms with Crippen LogP contribution in [-0.2, 0) is 0 Å². The number of aromatic nitrogens is 2. The minimum absolute atomic E-state index is 0.570. The predicted octanol–water partition coefficient (Wildman–Crippen LogP) is 4.28. The SMILES string of the molecule is Cc1ccc(-c2nc(N)c(I)c(C3CC3)n2)c(Br)c1. The maximum atomic E-state index is 6.03. The van der Waals surface area contributed by atoms with E-state index in [2.05, 4.69) is 62.6 Å². The van der Waals surface area contributed by atoms with Crippen LogP contribution in [0.2, 0.25) is 0 Å². The van der Waals surface area contributed by atoms with Crippen molar-refractivity contribution in [2.45, 2.75) is 25.7 Å². The minimum atomic E-state index is 0.570. The lowest BCUT2D eigenvalue weighted by Crippen LogP contribution is -2.04. The minimum Gasteiger partial charge on any atom is -0.383 e. The third-order valence-electron chi connectivity index (χ3n) is 3.23. The molecule has 5 heteroatoms. The van der Waals surface area contributed by atoms with Crippen molar-refractivity contribution < 1.29 is 0 Å². The van der Waals surface area contributed by atoms with Gasteiger partial charge in [0.1, 0.15) is 5.82 Å². The number of nitrogen functional groups attached to an aromatic ring is 1. The standard InChI is InChI=1S/C14H13BrIN3/c1-7-2-5-9(10(15)6-7)14-18-12(8-3-4-8)11(16)13(17)19-14/h2,5-6,8H,3-4H2,1H3,(H2,17,18,19). The van der Waals surface area contributed by atoms with Crippen LogP contribution in [-0.4, -0.2) is 9.97 Å². The number of anilines is 1. The molecule has 0 aliphatic heterocycles. The fraction of sp³-hybridized carbons (Fsp3) is 0.286. The molecule has 0 spiro atoms. The van der Waals surface area contributed by atoms with Gasteiger partial charge in [-0.3, -0.25) is 0 Å². The second kappa shape index (κ2) is 5.01. The van der Waals surface area contributed by atoms with Crippen LogP contribution in [0.5, 0.6) is 0 Å². The Kier molecular flexibility index (Phi) is 3.51. The first-order valence-electron chi connectivity index (χ1n) is 6.15. The number of halogens is 2. The van der Waals surface area contributed by atoms with Crippen molar-refractivity contribution in [3.8, 4) is 11.4 Å². The van der Waals surface area contributed by atoms with E-state index in [-0.39, 0.29) is 0 Å². The van der Waals surface area contributed by atoms with Crippen molar-refractivity contribution in [1.29, 1.82) is 0 Å². The summed E-state index contributed by atoms with van der Waals surface area (Å²) >= 11 is 5.83. The van der Waals surface area contributed by atoms with E-state index in [0.29, 0.717) is 17.6 Å². The van der Waals surface area contributed by atoms with E-state index in [1.54, 1.807) is 0 Å². The highest BCUT2D eigenvalue weighted by Gasteiger charge is 2.29. The maximum absolute atomic E-state index is 6.03. The van der Waals surface area contributed by atoms with Crippen LogP contribution >= 0.6 is 38.5 Å². The third kappa shape index (κ3) is 2.63. The highest BCUT2D eigenvalue weighted by atomic mass is 127. The molecule has 1 aromatic heterocycles. The molecule has 0 saturated heterocycles. The Balaban J connectivity index is 2.14. The number of nitrogens with two attached hydrogens (primary N) is 1. The number of benzene rings is 1. The largest absolute Gasteiger partial charge is 0.383 e. The van der Waals surface area contributed by atoms with E-state index in [1.807, 2.05) is 6.07 Å². The smallest absolute Gasteiger partial charge is 0.162 e. The first kappa shape index (κ1) is 13.3. The summed E-state index contributed by atoms with van der Waals surface area (Å²) in [6.45, 7) is 2.06. The Hall–Kier alpha value is -0.690. The highest BCUT2D eigenvalue weighted by Crippen LogP contribution is 2.42. The molecular weight excluding hydrogens is 417 g/mol. The van der Waals surface area contributed by atoms with Crippen LogP contribution in [0.25, 0.3) is 11.4 Å². The Morgan fingerprint density at radius 2 is 2.05 bits per heavy atom. The Labute approximate surface area is 134 Å². The van der Waals surface area contributed by atoms with Crippen molar-refractivity contribution in [2.24, 2.45) is 0 Å². The van der Waals surface area contributed by atoms with E-state index in [4.69, 9.17) is 10.7 Å². The van der Waals surface area contributed by atoms with Gasteiger partial charge in [0, 0.05) is 16.0 Å². The van der Waals surface area contributed by atoms with Crippen molar-refractivity contribution in [1.82, 2.24) is 9.97 Å². The molecule has 3 rings (SSSR count). The van der Waals surface area contributed by atoms with Gasteiger partial charge < -0.3 is 5.73 Å². The second-order valence-electron chi connectivity index (χ2n) is 4.89. The third-order valence-corrected chi connectivity index (χ3v) is 4.99. The predicted molar refractivity (Wildman–Crippen MR) is 89.0 cm³/mol. The fourth-order valence-electron chi connectivity index (χ4n) is 2.03. The number of hydrogen-bond acceptors (Lipinski definition) is 3. The Bertz CT molecular complexity index is 653. The Morgan fingerprint density at radius 3 is 2.68 bits per heavy atom. The number of aryl methyl sites for hydroxylation is 1. The summed E-state index contributed by atoms with van der Waals surface area (Å²) in [5, 5.41) is 0. The van der Waals surface area contributed by atoms with Gasteiger partial charge in [0.2, 0.25) is 0 Å². The first-order chi connectivity index (χ1) is 9.06. The first-order valence-corrected chi connectivity index (χ1v) is 8.03. The summed E-state index contributed by atoms with van der Waals surface area (Å²) in [5.41, 5.74) is 9.34.